The van der Waals surface area contributed by atoms with Gasteiger partial charge in [0.2, 0.25) is 5.91 Å². The molecule has 2 rings (SSSR count). The summed E-state index contributed by atoms with van der Waals surface area (Å²) in [6, 6.07) is 15.1. The van der Waals surface area contributed by atoms with Gasteiger partial charge in [-0.2, -0.15) is 0 Å². The lowest BCUT2D eigenvalue weighted by molar-refractivity contribution is -0.147. The fraction of sp³-hybridized carbons (Fsp3) is 0.125. The van der Waals surface area contributed by atoms with Gasteiger partial charge in [-0.25, -0.2) is 4.79 Å². The van der Waals surface area contributed by atoms with Gasteiger partial charge in [-0.3, -0.25) is 4.79 Å². The van der Waals surface area contributed by atoms with Gasteiger partial charge >= 0.3 is 5.97 Å². The normalized spacial score (nSPS) is 13.4. The molecule has 2 atom stereocenters. The summed E-state index contributed by atoms with van der Waals surface area (Å²) in [6.07, 6.45) is -1.62. The number of hydrogen-bond donors (Lipinski definition) is 3. The highest BCUT2D eigenvalue weighted by atomic mass is 16.4. The molecule has 5 heteroatoms. The average Bonchev–Trinajstić information content (AvgIpc) is 2.48. The number of carboxylic acids is 1. The highest BCUT2D eigenvalue weighted by Crippen LogP contribution is 2.29. The number of aliphatic hydroxyl groups is 1. The zero-order chi connectivity index (χ0) is 15.4. The number of aliphatic hydroxyl groups excluding tert-OH is 1. The van der Waals surface area contributed by atoms with Gasteiger partial charge in [-0.05, 0) is 23.3 Å². The van der Waals surface area contributed by atoms with Crippen LogP contribution in [0.15, 0.2) is 54.6 Å². The molecule has 0 spiro atoms. The van der Waals surface area contributed by atoms with Crippen LogP contribution in [0.3, 0.4) is 0 Å². The first-order valence-electron chi connectivity index (χ1n) is 6.36. The smallest absolute Gasteiger partial charge is 0.333 e. The molecule has 5 nitrogen and oxygen atoms in total. The summed E-state index contributed by atoms with van der Waals surface area (Å²) in [5, 5.41) is 19.1. The van der Waals surface area contributed by atoms with E-state index in [0.29, 0.717) is 11.1 Å². The van der Waals surface area contributed by atoms with Crippen LogP contribution in [0.5, 0.6) is 0 Å². The topological polar surface area (TPSA) is 101 Å². The summed E-state index contributed by atoms with van der Waals surface area (Å²) in [6.45, 7) is 0. The molecular weight excluding hydrogens is 270 g/mol. The van der Waals surface area contributed by atoms with Crippen LogP contribution in [0.4, 0.5) is 0 Å². The minimum Gasteiger partial charge on any atom is -0.479 e. The van der Waals surface area contributed by atoms with Crippen molar-refractivity contribution in [3.63, 3.8) is 0 Å². The van der Waals surface area contributed by atoms with Crippen molar-refractivity contribution in [2.24, 2.45) is 5.73 Å². The second-order valence-corrected chi connectivity index (χ2v) is 4.66. The van der Waals surface area contributed by atoms with Gasteiger partial charge in [0.1, 0.15) is 0 Å². The Morgan fingerprint density at radius 1 is 0.952 bits per heavy atom. The molecule has 0 saturated carbocycles. The van der Waals surface area contributed by atoms with E-state index in [4.69, 9.17) is 10.8 Å². The lowest BCUT2D eigenvalue weighted by atomic mass is 9.86. The Labute approximate surface area is 121 Å². The van der Waals surface area contributed by atoms with E-state index in [9.17, 15) is 14.7 Å². The van der Waals surface area contributed by atoms with Crippen LogP contribution >= 0.6 is 0 Å². The first-order chi connectivity index (χ1) is 10.0. The lowest BCUT2D eigenvalue weighted by Crippen LogP contribution is -2.28. The molecule has 21 heavy (non-hydrogen) atoms. The summed E-state index contributed by atoms with van der Waals surface area (Å²) >= 11 is 0. The molecule has 0 heterocycles. The highest BCUT2D eigenvalue weighted by Gasteiger charge is 2.29. The highest BCUT2D eigenvalue weighted by molar-refractivity contribution is 5.93. The van der Waals surface area contributed by atoms with Crippen LogP contribution in [-0.4, -0.2) is 28.2 Å². The summed E-state index contributed by atoms with van der Waals surface area (Å²) in [5.74, 6) is -2.70. The number of carboxylic acid groups (broad SMARTS) is 1. The molecule has 0 aliphatic heterocycles. The van der Waals surface area contributed by atoms with E-state index in [1.54, 1.807) is 48.5 Å². The molecule has 2 aromatic carbocycles. The number of rotatable bonds is 5. The van der Waals surface area contributed by atoms with Gasteiger partial charge in [-0.1, -0.05) is 42.5 Å². The number of hydrogen-bond acceptors (Lipinski definition) is 3. The summed E-state index contributed by atoms with van der Waals surface area (Å²) < 4.78 is 0. The van der Waals surface area contributed by atoms with Crippen LogP contribution in [-0.2, 0) is 4.79 Å². The summed E-state index contributed by atoms with van der Waals surface area (Å²) in [4.78, 5) is 22.4. The van der Waals surface area contributed by atoms with Gasteiger partial charge in [-0.15, -0.1) is 0 Å². The van der Waals surface area contributed by atoms with E-state index in [1.165, 1.54) is 6.07 Å². The second kappa shape index (κ2) is 6.19. The van der Waals surface area contributed by atoms with E-state index in [0.717, 1.165) is 0 Å². The quantitative estimate of drug-likeness (QED) is 0.772. The van der Waals surface area contributed by atoms with E-state index in [-0.39, 0.29) is 5.56 Å². The van der Waals surface area contributed by atoms with Crippen LogP contribution in [0.25, 0.3) is 0 Å². The fourth-order valence-corrected chi connectivity index (χ4v) is 2.25. The van der Waals surface area contributed by atoms with E-state index in [1.807, 2.05) is 0 Å². The maximum atomic E-state index is 11.3. The Kier molecular flexibility index (Phi) is 4.35. The SMILES string of the molecule is NC(=O)c1cccc(C(c2ccccc2)C(O)C(=O)O)c1. The van der Waals surface area contributed by atoms with Crippen molar-refractivity contribution < 1.29 is 19.8 Å². The van der Waals surface area contributed by atoms with Crippen molar-refractivity contribution >= 4 is 11.9 Å². The molecular formula is C16H15NO4. The second-order valence-electron chi connectivity index (χ2n) is 4.66. The maximum Gasteiger partial charge on any atom is 0.333 e. The predicted octanol–water partition coefficient (Wildman–Crippen LogP) is 1.36. The first-order valence-corrected chi connectivity index (χ1v) is 6.36. The van der Waals surface area contributed by atoms with Crippen molar-refractivity contribution in [3.8, 4) is 0 Å². The van der Waals surface area contributed by atoms with Crippen molar-refractivity contribution in [2.45, 2.75) is 12.0 Å². The molecule has 0 saturated heterocycles. The van der Waals surface area contributed by atoms with Gasteiger partial charge in [0.25, 0.3) is 0 Å². The molecule has 0 radical (unpaired) electrons. The van der Waals surface area contributed by atoms with Crippen molar-refractivity contribution in [1.29, 1.82) is 0 Å². The molecule has 0 bridgehead atoms. The molecule has 108 valence electrons. The largest absolute Gasteiger partial charge is 0.479 e. The predicted molar refractivity (Wildman–Crippen MR) is 76.9 cm³/mol. The first kappa shape index (κ1) is 14.7. The summed E-state index contributed by atoms with van der Waals surface area (Å²) in [7, 11) is 0. The molecule has 2 unspecified atom stereocenters. The number of benzene rings is 2. The van der Waals surface area contributed by atoms with Crippen LogP contribution in [0.1, 0.15) is 27.4 Å². The van der Waals surface area contributed by atoms with Gasteiger partial charge in [0.15, 0.2) is 6.10 Å². The number of primary amides is 1. The lowest BCUT2D eigenvalue weighted by Gasteiger charge is -2.21. The maximum absolute atomic E-state index is 11.3. The van der Waals surface area contributed by atoms with Crippen molar-refractivity contribution in [3.05, 3.63) is 71.3 Å². The third kappa shape index (κ3) is 3.27. The standard InChI is InChI=1S/C16H15NO4/c17-15(19)12-8-4-7-11(9-12)13(14(18)16(20)21)10-5-2-1-3-6-10/h1-9,13-14,18H,(H2,17,19)(H,20,21). The Hall–Kier alpha value is -2.66. The van der Waals surface area contributed by atoms with E-state index < -0.39 is 23.9 Å². The van der Waals surface area contributed by atoms with Gasteiger partial charge in [0, 0.05) is 11.5 Å². The molecule has 0 aliphatic carbocycles. The third-order valence-corrected chi connectivity index (χ3v) is 3.26. The molecule has 0 aromatic heterocycles. The van der Waals surface area contributed by atoms with Gasteiger partial charge < -0.3 is 15.9 Å². The summed E-state index contributed by atoms with van der Waals surface area (Å²) in [5.41, 5.74) is 6.68. The van der Waals surface area contributed by atoms with E-state index in [2.05, 4.69) is 0 Å². The Balaban J connectivity index is 2.52. The minimum absolute atomic E-state index is 0.269. The molecule has 1 amide bonds. The fourth-order valence-electron chi connectivity index (χ4n) is 2.25. The zero-order valence-electron chi connectivity index (χ0n) is 11.1. The Morgan fingerprint density at radius 3 is 2.14 bits per heavy atom. The zero-order valence-corrected chi connectivity index (χ0v) is 11.1. The number of carbonyl (C=O) groups is 2. The van der Waals surface area contributed by atoms with Crippen LogP contribution < -0.4 is 5.73 Å². The van der Waals surface area contributed by atoms with E-state index >= 15 is 0 Å². The molecule has 0 aliphatic rings. The number of amides is 1. The van der Waals surface area contributed by atoms with Crippen molar-refractivity contribution in [1.82, 2.24) is 0 Å². The molecule has 4 N–H and O–H groups in total. The average molecular weight is 285 g/mol. The Morgan fingerprint density at radius 2 is 1.57 bits per heavy atom. The molecule has 2 aromatic rings. The van der Waals surface area contributed by atoms with Crippen LogP contribution in [0, 0.1) is 0 Å². The Bertz CT molecular complexity index is 654. The number of carbonyl (C=O) groups excluding carboxylic acids is 1. The minimum atomic E-state index is -1.62. The van der Waals surface area contributed by atoms with Crippen molar-refractivity contribution in [2.75, 3.05) is 0 Å². The number of nitrogens with two attached hydrogens (primary N) is 1. The monoisotopic (exact) mass is 285 g/mol. The molecule has 0 fully saturated rings. The number of aliphatic carboxylic acids is 1. The van der Waals surface area contributed by atoms with Gasteiger partial charge in [0.05, 0.1) is 0 Å². The third-order valence-electron chi connectivity index (χ3n) is 3.26. The van der Waals surface area contributed by atoms with Crippen LogP contribution in [0.2, 0.25) is 0 Å².